The van der Waals surface area contributed by atoms with E-state index in [4.69, 9.17) is 4.74 Å². The fraction of sp³-hybridized carbons (Fsp3) is 0.850. The Balaban J connectivity index is 2.07. The van der Waals surface area contributed by atoms with Gasteiger partial charge in [0.15, 0.2) is 0 Å². The summed E-state index contributed by atoms with van der Waals surface area (Å²) in [6.07, 6.45) is 12.9. The second-order valence-electron chi connectivity index (χ2n) is 7.47. The maximum absolute atomic E-state index is 12.0. The highest BCUT2D eigenvalue weighted by molar-refractivity contribution is 5.69. The van der Waals surface area contributed by atoms with Crippen LogP contribution in [0.4, 0.5) is 0 Å². The highest BCUT2D eigenvalue weighted by Gasteiger charge is 2.39. The third-order valence-corrected chi connectivity index (χ3v) is 5.51. The molecule has 24 heavy (non-hydrogen) atoms. The van der Waals surface area contributed by atoms with Crippen LogP contribution in [0.5, 0.6) is 0 Å². The zero-order chi connectivity index (χ0) is 17.4. The molecule has 2 rings (SSSR count). The zero-order valence-corrected chi connectivity index (χ0v) is 15.0. The van der Waals surface area contributed by atoms with Crippen LogP contribution < -0.4 is 0 Å². The molecule has 1 heterocycles. The molecule has 1 aliphatic carbocycles. The van der Waals surface area contributed by atoms with E-state index in [9.17, 15) is 15.0 Å². The summed E-state index contributed by atoms with van der Waals surface area (Å²) in [5.74, 6) is 0.000997. The smallest absolute Gasteiger partial charge is 0.306 e. The number of fused-ring (bicyclic) bond motifs is 1. The van der Waals surface area contributed by atoms with Gasteiger partial charge in [0, 0.05) is 18.8 Å². The van der Waals surface area contributed by atoms with Crippen LogP contribution in [-0.2, 0) is 9.53 Å². The van der Waals surface area contributed by atoms with E-state index in [0.717, 1.165) is 57.8 Å². The highest BCUT2D eigenvalue weighted by Crippen LogP contribution is 2.37. The van der Waals surface area contributed by atoms with Crippen LogP contribution in [-0.4, -0.2) is 34.5 Å². The van der Waals surface area contributed by atoms with Crippen LogP contribution >= 0.6 is 0 Å². The van der Waals surface area contributed by atoms with Crippen LogP contribution in [0.1, 0.15) is 77.6 Å². The van der Waals surface area contributed by atoms with E-state index >= 15 is 0 Å². The van der Waals surface area contributed by atoms with Crippen molar-refractivity contribution in [2.75, 3.05) is 0 Å². The average molecular weight is 338 g/mol. The molecule has 138 valence electrons. The van der Waals surface area contributed by atoms with Crippen molar-refractivity contribution in [3.05, 3.63) is 12.2 Å². The van der Waals surface area contributed by atoms with E-state index in [-0.39, 0.29) is 23.9 Å². The third-order valence-electron chi connectivity index (χ3n) is 5.51. The molecule has 1 fully saturated rings. The molecule has 2 aliphatic rings. The van der Waals surface area contributed by atoms with Gasteiger partial charge in [0.05, 0.1) is 12.2 Å². The topological polar surface area (TPSA) is 66.8 Å². The van der Waals surface area contributed by atoms with Crippen molar-refractivity contribution in [2.24, 2.45) is 11.8 Å². The van der Waals surface area contributed by atoms with Gasteiger partial charge in [0.1, 0.15) is 6.10 Å². The Morgan fingerprint density at radius 3 is 2.67 bits per heavy atom. The quantitative estimate of drug-likeness (QED) is 0.465. The summed E-state index contributed by atoms with van der Waals surface area (Å²) >= 11 is 0. The van der Waals surface area contributed by atoms with Crippen molar-refractivity contribution in [1.82, 2.24) is 0 Å². The third kappa shape index (κ3) is 5.89. The molecule has 0 spiro atoms. The normalized spacial score (nSPS) is 36.8. The van der Waals surface area contributed by atoms with Gasteiger partial charge in [0.25, 0.3) is 0 Å². The number of unbranched alkanes of at least 4 members (excludes halogenated alkanes) is 2. The Morgan fingerprint density at radius 2 is 1.88 bits per heavy atom. The summed E-state index contributed by atoms with van der Waals surface area (Å²) in [6.45, 7) is 2.16. The Kier molecular flexibility index (Phi) is 8.26. The van der Waals surface area contributed by atoms with Crippen LogP contribution in [0.2, 0.25) is 0 Å². The van der Waals surface area contributed by atoms with Gasteiger partial charge < -0.3 is 14.9 Å². The number of aliphatic hydroxyl groups is 2. The van der Waals surface area contributed by atoms with Crippen molar-refractivity contribution in [2.45, 2.75) is 95.9 Å². The molecular formula is C20H34O4. The fourth-order valence-electron chi connectivity index (χ4n) is 4.05. The Labute approximate surface area is 146 Å². The highest BCUT2D eigenvalue weighted by atomic mass is 16.5. The summed E-state index contributed by atoms with van der Waals surface area (Å²) in [7, 11) is 0. The molecule has 1 aliphatic heterocycles. The van der Waals surface area contributed by atoms with Crippen molar-refractivity contribution < 1.29 is 19.7 Å². The number of carbonyl (C=O) groups excluding carboxylic acids is 1. The van der Waals surface area contributed by atoms with Gasteiger partial charge in [-0.15, -0.1) is 0 Å². The van der Waals surface area contributed by atoms with Gasteiger partial charge >= 0.3 is 5.97 Å². The largest absolute Gasteiger partial charge is 0.458 e. The molecule has 1 saturated carbocycles. The number of hydrogen-bond donors (Lipinski definition) is 2. The number of cyclic esters (lactones) is 1. The first-order chi connectivity index (χ1) is 11.6. The molecule has 4 nitrogen and oxygen atoms in total. The number of carbonyl (C=O) groups is 1. The lowest BCUT2D eigenvalue weighted by molar-refractivity contribution is -0.147. The van der Waals surface area contributed by atoms with E-state index in [1.165, 1.54) is 0 Å². The predicted octanol–water partition coefficient (Wildman–Crippen LogP) is 3.75. The molecular weight excluding hydrogens is 304 g/mol. The first-order valence-corrected chi connectivity index (χ1v) is 9.85. The summed E-state index contributed by atoms with van der Waals surface area (Å²) in [4.78, 5) is 12.0. The first-order valence-electron chi connectivity index (χ1n) is 9.85. The molecule has 0 bridgehead atoms. The van der Waals surface area contributed by atoms with Crippen LogP contribution in [0.25, 0.3) is 0 Å². The number of ether oxygens (including phenoxy) is 1. The first kappa shape index (κ1) is 19.5. The van der Waals surface area contributed by atoms with E-state index in [0.29, 0.717) is 12.8 Å². The van der Waals surface area contributed by atoms with E-state index in [2.05, 4.69) is 6.92 Å². The zero-order valence-electron chi connectivity index (χ0n) is 15.0. The molecule has 0 amide bonds. The second kappa shape index (κ2) is 10.2. The maximum atomic E-state index is 12.0. The molecule has 0 aromatic heterocycles. The molecule has 2 N–H and O–H groups in total. The summed E-state index contributed by atoms with van der Waals surface area (Å²) in [5.41, 5.74) is 0. The number of rotatable bonds is 4. The van der Waals surface area contributed by atoms with E-state index in [1.807, 2.05) is 12.2 Å². The predicted molar refractivity (Wildman–Crippen MR) is 94.5 cm³/mol. The van der Waals surface area contributed by atoms with E-state index in [1.54, 1.807) is 0 Å². The van der Waals surface area contributed by atoms with Gasteiger partial charge in [-0.3, -0.25) is 4.79 Å². The molecule has 1 unspecified atom stereocenters. The lowest BCUT2D eigenvalue weighted by Gasteiger charge is -2.21. The van der Waals surface area contributed by atoms with Gasteiger partial charge in [-0.25, -0.2) is 0 Å². The Morgan fingerprint density at radius 1 is 1.08 bits per heavy atom. The Bertz CT molecular complexity index is 406. The van der Waals surface area contributed by atoms with Crippen molar-refractivity contribution in [3.8, 4) is 0 Å². The maximum Gasteiger partial charge on any atom is 0.306 e. The molecule has 0 aromatic carbocycles. The molecule has 0 radical (unpaired) electrons. The second-order valence-corrected chi connectivity index (χ2v) is 7.47. The summed E-state index contributed by atoms with van der Waals surface area (Å²) in [6, 6.07) is 0. The average Bonchev–Trinajstić information content (AvgIpc) is 2.81. The van der Waals surface area contributed by atoms with Gasteiger partial charge in [-0.05, 0) is 37.7 Å². The summed E-state index contributed by atoms with van der Waals surface area (Å²) < 4.78 is 5.65. The van der Waals surface area contributed by atoms with Gasteiger partial charge in [-0.1, -0.05) is 45.1 Å². The van der Waals surface area contributed by atoms with Crippen molar-refractivity contribution >= 4 is 5.97 Å². The monoisotopic (exact) mass is 338 g/mol. The van der Waals surface area contributed by atoms with Crippen LogP contribution in [0.3, 0.4) is 0 Å². The minimum absolute atomic E-state index is 0.0202. The number of hydrogen-bond acceptors (Lipinski definition) is 4. The SMILES string of the molecule is CCCCC[C@@H]1/C=C\C2[C@H](O)C[C@H](O)[C@@H]2CCCCCCC(=O)O1. The van der Waals surface area contributed by atoms with Gasteiger partial charge in [-0.2, -0.15) is 0 Å². The molecule has 4 heteroatoms. The fourth-order valence-corrected chi connectivity index (χ4v) is 4.05. The standard InChI is InChI=1S/C20H34O4/c1-2-3-6-9-15-12-13-17-16(18(21)14-19(17)22)10-7-4-5-8-11-20(23)24-15/h12-13,15-19,21-22H,2-11,14H2,1H3/b13-12-/t15-,16-,17?,18+,19-/m1/s1. The Hall–Kier alpha value is -0.870. The van der Waals surface area contributed by atoms with E-state index < -0.39 is 12.2 Å². The van der Waals surface area contributed by atoms with Crippen molar-refractivity contribution in [1.29, 1.82) is 0 Å². The molecule has 0 aromatic rings. The van der Waals surface area contributed by atoms with Crippen LogP contribution in [0.15, 0.2) is 12.2 Å². The number of esters is 1. The summed E-state index contributed by atoms with van der Waals surface area (Å²) in [5, 5.41) is 20.5. The minimum Gasteiger partial charge on any atom is -0.458 e. The lowest BCUT2D eigenvalue weighted by Crippen LogP contribution is -2.21. The van der Waals surface area contributed by atoms with Crippen molar-refractivity contribution in [3.63, 3.8) is 0 Å². The van der Waals surface area contributed by atoms with Gasteiger partial charge in [0.2, 0.25) is 0 Å². The molecule has 0 saturated heterocycles. The minimum atomic E-state index is -0.488. The molecule has 5 atom stereocenters. The number of aliphatic hydroxyl groups excluding tert-OH is 2. The van der Waals surface area contributed by atoms with Crippen LogP contribution in [0, 0.1) is 11.8 Å². The lowest BCUT2D eigenvalue weighted by atomic mass is 9.88.